The molecule has 0 saturated heterocycles. The summed E-state index contributed by atoms with van der Waals surface area (Å²) in [5.74, 6) is -1.14. The zero-order chi connectivity index (χ0) is 23.8. The minimum atomic E-state index is -3.96. The summed E-state index contributed by atoms with van der Waals surface area (Å²) >= 11 is 1.35. The van der Waals surface area contributed by atoms with Crippen LogP contribution in [0.2, 0.25) is 0 Å². The first-order valence-corrected chi connectivity index (χ1v) is 13.6. The number of carbonyl (C=O) groups excluding carboxylic acids is 2. The monoisotopic (exact) mass is 488 g/mol. The third kappa shape index (κ3) is 4.19. The van der Waals surface area contributed by atoms with E-state index in [1.165, 1.54) is 18.3 Å². The van der Waals surface area contributed by atoms with Crippen molar-refractivity contribution in [2.75, 3.05) is 11.9 Å². The zero-order valence-electron chi connectivity index (χ0n) is 19.0. The van der Waals surface area contributed by atoms with Gasteiger partial charge in [0.05, 0.1) is 17.1 Å². The number of carbonyl (C=O) groups is 2. The Morgan fingerprint density at radius 3 is 2.64 bits per heavy atom. The summed E-state index contributed by atoms with van der Waals surface area (Å²) in [5.41, 5.74) is 2.10. The number of aryl methyl sites for hydroxylation is 2. The van der Waals surface area contributed by atoms with Crippen LogP contribution in [0.5, 0.6) is 0 Å². The first-order chi connectivity index (χ1) is 15.8. The normalized spacial score (nSPS) is 14.6. The number of para-hydroxylation sites is 1. The molecule has 0 bridgehead atoms. The van der Waals surface area contributed by atoms with Gasteiger partial charge >= 0.3 is 5.97 Å². The average molecular weight is 489 g/mol. The van der Waals surface area contributed by atoms with Crippen LogP contribution < -0.4 is 5.32 Å². The summed E-state index contributed by atoms with van der Waals surface area (Å²) in [6.45, 7) is 5.90. The summed E-state index contributed by atoms with van der Waals surface area (Å²) in [7, 11) is -3.96. The number of fused-ring (bicyclic) bond motifs is 2. The molecule has 0 radical (unpaired) electrons. The van der Waals surface area contributed by atoms with Crippen LogP contribution in [0.15, 0.2) is 35.4 Å². The van der Waals surface area contributed by atoms with Crippen molar-refractivity contribution in [2.45, 2.75) is 63.1 Å². The standard InChI is InChI=1S/C24H28N2O5S2/c1-4-26-14-20(16-10-6-8-12-18(16)26)33(29,30)15(3)22(27)25-23-21(24(28)31-5-2)17-11-7-9-13-19(17)32-23/h6,8,10,12,14-15H,4-5,7,9,11,13H2,1-3H3,(H,25,27)/t15-/m0/s1. The van der Waals surface area contributed by atoms with Crippen LogP contribution in [-0.4, -0.2) is 36.7 Å². The van der Waals surface area contributed by atoms with Gasteiger partial charge in [0.25, 0.3) is 0 Å². The van der Waals surface area contributed by atoms with Gasteiger partial charge in [-0.1, -0.05) is 18.2 Å². The Kier molecular flexibility index (Phi) is 6.63. The van der Waals surface area contributed by atoms with E-state index in [4.69, 9.17) is 4.74 Å². The Morgan fingerprint density at radius 1 is 1.18 bits per heavy atom. The van der Waals surface area contributed by atoms with Crippen LogP contribution in [0, 0.1) is 0 Å². The lowest BCUT2D eigenvalue weighted by molar-refractivity contribution is -0.115. The predicted octanol–water partition coefficient (Wildman–Crippen LogP) is 4.58. The first-order valence-electron chi connectivity index (χ1n) is 11.2. The quantitative estimate of drug-likeness (QED) is 0.491. The SMILES string of the molecule is CCOC(=O)c1c(NC(=O)[C@H](C)S(=O)(=O)c2cn(CC)c3ccccc23)sc2c1CCCC2. The highest BCUT2D eigenvalue weighted by Crippen LogP contribution is 2.39. The van der Waals surface area contributed by atoms with Crippen molar-refractivity contribution in [3.8, 4) is 0 Å². The largest absolute Gasteiger partial charge is 0.462 e. The molecule has 1 aliphatic carbocycles. The number of ether oxygens (including phenoxy) is 1. The molecule has 176 valence electrons. The smallest absolute Gasteiger partial charge is 0.341 e. The second-order valence-corrected chi connectivity index (χ2v) is 11.5. The summed E-state index contributed by atoms with van der Waals surface area (Å²) in [5, 5.41) is 2.39. The van der Waals surface area contributed by atoms with E-state index < -0.39 is 27.0 Å². The van der Waals surface area contributed by atoms with Crippen molar-refractivity contribution < 1.29 is 22.7 Å². The maximum atomic E-state index is 13.5. The Morgan fingerprint density at radius 2 is 1.91 bits per heavy atom. The first kappa shape index (κ1) is 23.5. The Bertz CT molecular complexity index is 1320. The number of nitrogens with one attached hydrogen (secondary N) is 1. The van der Waals surface area contributed by atoms with Gasteiger partial charge in [0.15, 0.2) is 9.84 Å². The van der Waals surface area contributed by atoms with Gasteiger partial charge in [0, 0.05) is 28.5 Å². The molecular weight excluding hydrogens is 460 g/mol. The Balaban J connectivity index is 1.67. The van der Waals surface area contributed by atoms with Crippen molar-refractivity contribution in [3.63, 3.8) is 0 Å². The summed E-state index contributed by atoms with van der Waals surface area (Å²) in [4.78, 5) is 27.0. The number of sulfone groups is 1. The number of rotatable bonds is 7. The van der Waals surface area contributed by atoms with Crippen LogP contribution in [0.4, 0.5) is 5.00 Å². The Labute approximate surface area is 197 Å². The van der Waals surface area contributed by atoms with Crippen molar-refractivity contribution in [1.82, 2.24) is 4.57 Å². The molecule has 0 unspecified atom stereocenters. The molecule has 2 heterocycles. The van der Waals surface area contributed by atoms with Gasteiger partial charge in [-0.25, -0.2) is 13.2 Å². The number of anilines is 1. The third-order valence-electron chi connectivity index (χ3n) is 6.12. The van der Waals surface area contributed by atoms with Gasteiger partial charge in [-0.3, -0.25) is 4.79 Å². The minimum absolute atomic E-state index is 0.138. The van der Waals surface area contributed by atoms with Crippen LogP contribution in [-0.2, 0) is 38.8 Å². The van der Waals surface area contributed by atoms with E-state index in [-0.39, 0.29) is 11.5 Å². The van der Waals surface area contributed by atoms with E-state index in [0.29, 0.717) is 22.5 Å². The van der Waals surface area contributed by atoms with Crippen molar-refractivity contribution in [2.24, 2.45) is 0 Å². The van der Waals surface area contributed by atoms with Crippen LogP contribution in [0.25, 0.3) is 10.9 Å². The number of benzene rings is 1. The van der Waals surface area contributed by atoms with E-state index in [1.807, 2.05) is 23.6 Å². The van der Waals surface area contributed by atoms with Gasteiger partial charge in [0.1, 0.15) is 10.3 Å². The van der Waals surface area contributed by atoms with E-state index in [1.54, 1.807) is 25.3 Å². The topological polar surface area (TPSA) is 94.5 Å². The number of esters is 1. The van der Waals surface area contributed by atoms with Crippen molar-refractivity contribution in [3.05, 3.63) is 46.5 Å². The van der Waals surface area contributed by atoms with Gasteiger partial charge in [-0.15, -0.1) is 11.3 Å². The highest BCUT2D eigenvalue weighted by atomic mass is 32.2. The molecular formula is C24H28N2O5S2. The fourth-order valence-electron chi connectivity index (χ4n) is 4.32. The fraction of sp³-hybridized carbons (Fsp3) is 0.417. The lowest BCUT2D eigenvalue weighted by Gasteiger charge is -2.14. The molecule has 1 aromatic carbocycles. The van der Waals surface area contributed by atoms with Gasteiger partial charge in [0.2, 0.25) is 5.91 Å². The molecule has 0 saturated carbocycles. The number of hydrogen-bond acceptors (Lipinski definition) is 6. The van der Waals surface area contributed by atoms with Gasteiger partial charge < -0.3 is 14.6 Å². The van der Waals surface area contributed by atoms with E-state index in [2.05, 4.69) is 5.32 Å². The van der Waals surface area contributed by atoms with Gasteiger partial charge in [-0.05, 0) is 58.1 Å². The van der Waals surface area contributed by atoms with Gasteiger partial charge in [-0.2, -0.15) is 0 Å². The van der Waals surface area contributed by atoms with Crippen LogP contribution >= 0.6 is 11.3 Å². The second kappa shape index (κ2) is 9.30. The predicted molar refractivity (Wildman–Crippen MR) is 130 cm³/mol. The number of thiophene rings is 1. The molecule has 1 N–H and O–H groups in total. The average Bonchev–Trinajstić information content (AvgIpc) is 3.37. The Hall–Kier alpha value is -2.65. The van der Waals surface area contributed by atoms with Crippen LogP contribution in [0.3, 0.4) is 0 Å². The molecule has 0 spiro atoms. The zero-order valence-corrected chi connectivity index (χ0v) is 20.6. The highest BCUT2D eigenvalue weighted by Gasteiger charge is 2.34. The molecule has 1 aliphatic rings. The van der Waals surface area contributed by atoms with E-state index >= 15 is 0 Å². The summed E-state index contributed by atoms with van der Waals surface area (Å²) < 4.78 is 34.0. The fourth-order valence-corrected chi connectivity index (χ4v) is 7.07. The molecule has 9 heteroatoms. The molecule has 0 aliphatic heterocycles. The molecule has 1 atom stereocenters. The molecule has 0 fully saturated rings. The highest BCUT2D eigenvalue weighted by molar-refractivity contribution is 7.93. The summed E-state index contributed by atoms with van der Waals surface area (Å²) in [6.07, 6.45) is 5.18. The molecule has 1 amide bonds. The molecule has 4 rings (SSSR count). The number of aromatic nitrogens is 1. The lowest BCUT2D eigenvalue weighted by Crippen LogP contribution is -2.32. The number of hydrogen-bond donors (Lipinski definition) is 1. The molecule has 2 aromatic heterocycles. The molecule has 7 nitrogen and oxygen atoms in total. The molecule has 33 heavy (non-hydrogen) atoms. The van der Waals surface area contributed by atoms with E-state index in [0.717, 1.165) is 41.6 Å². The van der Waals surface area contributed by atoms with Crippen molar-refractivity contribution >= 4 is 49.0 Å². The maximum Gasteiger partial charge on any atom is 0.341 e. The number of amides is 1. The third-order valence-corrected chi connectivity index (χ3v) is 9.41. The lowest BCUT2D eigenvalue weighted by atomic mass is 9.95. The minimum Gasteiger partial charge on any atom is -0.462 e. The van der Waals surface area contributed by atoms with Crippen molar-refractivity contribution in [1.29, 1.82) is 0 Å². The maximum absolute atomic E-state index is 13.5. The number of nitrogens with zero attached hydrogens (tertiary/aromatic N) is 1. The molecule has 3 aromatic rings. The van der Waals surface area contributed by atoms with E-state index in [9.17, 15) is 18.0 Å². The van der Waals surface area contributed by atoms with Crippen LogP contribution in [0.1, 0.15) is 54.4 Å². The second-order valence-electron chi connectivity index (χ2n) is 8.11. The summed E-state index contributed by atoms with van der Waals surface area (Å²) in [6, 6.07) is 7.26.